The summed E-state index contributed by atoms with van der Waals surface area (Å²) < 4.78 is 1.12. The molecule has 2 aromatic carbocycles. The molecular formula is C16H10INO. The Hall–Kier alpha value is -1.75. The highest BCUT2D eigenvalue weighted by Gasteiger charge is 2.12. The number of carbonyl (C=O) groups is 1. The number of rotatable bonds is 2. The third kappa shape index (κ3) is 2.38. The predicted octanol–water partition coefficient (Wildman–Crippen LogP) is 4.07. The molecule has 0 aliphatic heterocycles. The van der Waals surface area contributed by atoms with Gasteiger partial charge in [0.2, 0.25) is 0 Å². The first-order valence-electron chi connectivity index (χ1n) is 5.90. The van der Waals surface area contributed by atoms with Crippen molar-refractivity contribution in [1.29, 1.82) is 0 Å². The zero-order chi connectivity index (χ0) is 13.2. The van der Waals surface area contributed by atoms with E-state index in [0.717, 1.165) is 14.5 Å². The first-order valence-corrected chi connectivity index (χ1v) is 6.97. The molecule has 1 heterocycles. The molecule has 0 amide bonds. The maximum absolute atomic E-state index is 12.5. The highest BCUT2D eigenvalue weighted by Crippen LogP contribution is 2.20. The smallest absolute Gasteiger partial charge is 0.193 e. The molecule has 0 aliphatic carbocycles. The normalized spacial score (nSPS) is 10.6. The van der Waals surface area contributed by atoms with E-state index in [1.54, 1.807) is 12.3 Å². The number of para-hydroxylation sites is 1. The van der Waals surface area contributed by atoms with Gasteiger partial charge in [-0.2, -0.15) is 0 Å². The average Bonchev–Trinajstić information content (AvgIpc) is 2.47. The number of ketones is 1. The number of halogens is 1. The van der Waals surface area contributed by atoms with Crippen molar-refractivity contribution in [3.63, 3.8) is 0 Å². The van der Waals surface area contributed by atoms with E-state index >= 15 is 0 Å². The molecule has 0 unspecified atom stereocenters. The lowest BCUT2D eigenvalue weighted by molar-refractivity contribution is 0.104. The predicted molar refractivity (Wildman–Crippen MR) is 84.3 cm³/mol. The number of benzene rings is 2. The lowest BCUT2D eigenvalue weighted by Crippen LogP contribution is -2.02. The summed E-state index contributed by atoms with van der Waals surface area (Å²) in [5.41, 5.74) is 2.25. The van der Waals surface area contributed by atoms with E-state index in [-0.39, 0.29) is 5.78 Å². The highest BCUT2D eigenvalue weighted by atomic mass is 127. The maximum atomic E-state index is 12.5. The zero-order valence-corrected chi connectivity index (χ0v) is 12.2. The van der Waals surface area contributed by atoms with E-state index in [0.29, 0.717) is 11.1 Å². The van der Waals surface area contributed by atoms with Crippen LogP contribution in [0.2, 0.25) is 0 Å². The Labute approximate surface area is 124 Å². The molecular weight excluding hydrogens is 349 g/mol. The number of pyridine rings is 1. The SMILES string of the molecule is O=C(c1ccc(I)cc1)c1ccnc2ccccc12. The highest BCUT2D eigenvalue weighted by molar-refractivity contribution is 14.1. The van der Waals surface area contributed by atoms with Gasteiger partial charge in [0.1, 0.15) is 0 Å². The molecule has 1 aromatic heterocycles. The van der Waals surface area contributed by atoms with Crippen LogP contribution in [0.1, 0.15) is 15.9 Å². The van der Waals surface area contributed by atoms with Crippen molar-refractivity contribution in [3.8, 4) is 0 Å². The summed E-state index contributed by atoms with van der Waals surface area (Å²) in [5.74, 6) is 0.0370. The number of fused-ring (bicyclic) bond motifs is 1. The molecule has 19 heavy (non-hydrogen) atoms. The summed E-state index contributed by atoms with van der Waals surface area (Å²) in [7, 11) is 0. The molecule has 92 valence electrons. The van der Waals surface area contributed by atoms with Gasteiger partial charge in [0.25, 0.3) is 0 Å². The maximum Gasteiger partial charge on any atom is 0.193 e. The van der Waals surface area contributed by atoms with Gasteiger partial charge in [-0.3, -0.25) is 9.78 Å². The standard InChI is InChI=1S/C16H10INO/c17-12-7-5-11(6-8-12)16(19)14-9-10-18-15-4-2-1-3-13(14)15/h1-10H. The molecule has 2 nitrogen and oxygen atoms in total. The number of carbonyl (C=O) groups excluding carboxylic acids is 1. The average molecular weight is 359 g/mol. The molecule has 3 rings (SSSR count). The van der Waals surface area contributed by atoms with E-state index in [1.165, 1.54) is 0 Å². The molecule has 0 aliphatic rings. The summed E-state index contributed by atoms with van der Waals surface area (Å²) in [4.78, 5) is 16.8. The van der Waals surface area contributed by atoms with Crippen LogP contribution >= 0.6 is 22.6 Å². The topological polar surface area (TPSA) is 30.0 Å². The molecule has 0 fully saturated rings. The van der Waals surface area contributed by atoms with Gasteiger partial charge in [-0.15, -0.1) is 0 Å². The van der Waals surface area contributed by atoms with Crippen molar-refractivity contribution >= 4 is 39.3 Å². The van der Waals surface area contributed by atoms with Gasteiger partial charge in [-0.05, 0) is 59.0 Å². The molecule has 0 bridgehead atoms. The van der Waals surface area contributed by atoms with Gasteiger partial charge in [-0.1, -0.05) is 18.2 Å². The largest absolute Gasteiger partial charge is 0.289 e. The fraction of sp³-hybridized carbons (Fsp3) is 0. The molecule has 0 saturated heterocycles. The van der Waals surface area contributed by atoms with Crippen molar-refractivity contribution in [2.75, 3.05) is 0 Å². The first-order chi connectivity index (χ1) is 9.25. The second kappa shape index (κ2) is 5.09. The van der Waals surface area contributed by atoms with Crippen LogP contribution in [0.3, 0.4) is 0 Å². The molecule has 0 saturated carbocycles. The van der Waals surface area contributed by atoms with Crippen molar-refractivity contribution in [2.45, 2.75) is 0 Å². The molecule has 0 radical (unpaired) electrons. The summed E-state index contributed by atoms with van der Waals surface area (Å²) in [6, 6.07) is 17.1. The lowest BCUT2D eigenvalue weighted by atomic mass is 10.00. The van der Waals surface area contributed by atoms with Crippen molar-refractivity contribution in [2.24, 2.45) is 0 Å². The number of nitrogens with zero attached hydrogens (tertiary/aromatic N) is 1. The van der Waals surface area contributed by atoms with Crippen molar-refractivity contribution in [3.05, 3.63) is 75.5 Å². The Bertz CT molecular complexity index is 745. The van der Waals surface area contributed by atoms with Crippen LogP contribution in [0, 0.1) is 3.57 Å². The summed E-state index contributed by atoms with van der Waals surface area (Å²) >= 11 is 2.23. The minimum atomic E-state index is 0.0370. The summed E-state index contributed by atoms with van der Waals surface area (Å²) in [6.45, 7) is 0. The summed E-state index contributed by atoms with van der Waals surface area (Å²) in [5, 5.41) is 0.897. The Kier molecular flexibility index (Phi) is 3.29. The lowest BCUT2D eigenvalue weighted by Gasteiger charge is -2.05. The van der Waals surface area contributed by atoms with Crippen LogP contribution in [0.25, 0.3) is 10.9 Å². The Morgan fingerprint density at radius 1 is 0.947 bits per heavy atom. The second-order valence-corrected chi connectivity index (χ2v) is 5.46. The van der Waals surface area contributed by atoms with E-state index in [1.807, 2.05) is 48.5 Å². The molecule has 3 aromatic rings. The Morgan fingerprint density at radius 2 is 1.68 bits per heavy atom. The second-order valence-electron chi connectivity index (χ2n) is 4.21. The van der Waals surface area contributed by atoms with Gasteiger partial charge in [0.05, 0.1) is 5.52 Å². The summed E-state index contributed by atoms with van der Waals surface area (Å²) in [6.07, 6.45) is 1.68. The number of hydrogen-bond donors (Lipinski definition) is 0. The zero-order valence-electron chi connectivity index (χ0n) is 10.0. The van der Waals surface area contributed by atoms with E-state index in [2.05, 4.69) is 27.6 Å². The third-order valence-corrected chi connectivity index (χ3v) is 3.72. The van der Waals surface area contributed by atoms with Gasteiger partial charge >= 0.3 is 0 Å². The van der Waals surface area contributed by atoms with E-state index < -0.39 is 0 Å². The van der Waals surface area contributed by atoms with Crippen LogP contribution in [0.15, 0.2) is 60.8 Å². The van der Waals surface area contributed by atoms with E-state index in [9.17, 15) is 4.79 Å². The van der Waals surface area contributed by atoms with Crippen molar-refractivity contribution in [1.82, 2.24) is 4.98 Å². The minimum absolute atomic E-state index is 0.0370. The van der Waals surface area contributed by atoms with Gasteiger partial charge in [-0.25, -0.2) is 0 Å². The van der Waals surface area contributed by atoms with Crippen molar-refractivity contribution < 1.29 is 4.79 Å². The van der Waals surface area contributed by atoms with Crippen LogP contribution < -0.4 is 0 Å². The van der Waals surface area contributed by atoms with Crippen LogP contribution in [-0.4, -0.2) is 10.8 Å². The molecule has 3 heteroatoms. The van der Waals surface area contributed by atoms with E-state index in [4.69, 9.17) is 0 Å². The first kappa shape index (κ1) is 12.3. The molecule has 0 atom stereocenters. The Balaban J connectivity index is 2.14. The number of hydrogen-bond acceptors (Lipinski definition) is 2. The van der Waals surface area contributed by atoms with Crippen LogP contribution in [0.4, 0.5) is 0 Å². The quantitative estimate of drug-likeness (QED) is 0.510. The fourth-order valence-corrected chi connectivity index (χ4v) is 2.41. The minimum Gasteiger partial charge on any atom is -0.289 e. The van der Waals surface area contributed by atoms with Gasteiger partial charge < -0.3 is 0 Å². The van der Waals surface area contributed by atoms with Gasteiger partial charge in [0.15, 0.2) is 5.78 Å². The third-order valence-electron chi connectivity index (χ3n) is 3.00. The number of aromatic nitrogens is 1. The molecule has 0 N–H and O–H groups in total. The Morgan fingerprint density at radius 3 is 2.47 bits per heavy atom. The van der Waals surface area contributed by atoms with Gasteiger partial charge in [0, 0.05) is 26.3 Å². The fourth-order valence-electron chi connectivity index (χ4n) is 2.05. The van der Waals surface area contributed by atoms with Crippen LogP contribution in [-0.2, 0) is 0 Å². The monoisotopic (exact) mass is 359 g/mol. The molecule has 0 spiro atoms. The van der Waals surface area contributed by atoms with Crippen LogP contribution in [0.5, 0.6) is 0 Å².